The number of nitrogens with one attached hydrogen (secondary N) is 1. The van der Waals surface area contributed by atoms with Crippen LogP contribution in [0.5, 0.6) is 0 Å². The van der Waals surface area contributed by atoms with Crippen LogP contribution in [0.1, 0.15) is 26.5 Å². The Morgan fingerprint density at radius 3 is 2.55 bits per heavy atom. The summed E-state index contributed by atoms with van der Waals surface area (Å²) in [7, 11) is 0. The molecule has 0 fully saturated rings. The summed E-state index contributed by atoms with van der Waals surface area (Å²) < 4.78 is 0. The highest BCUT2D eigenvalue weighted by Gasteiger charge is 2.27. The molecule has 0 aliphatic carbocycles. The number of halogens is 1. The molecule has 3 N–H and O–H groups in total. The third kappa shape index (κ3) is 4.80. The van der Waals surface area contributed by atoms with Gasteiger partial charge in [-0.2, -0.15) is 0 Å². The molecule has 22 heavy (non-hydrogen) atoms. The number of carbonyl (C=O) groups is 1. The van der Waals surface area contributed by atoms with Crippen LogP contribution in [0.2, 0.25) is 0 Å². The molecule has 1 amide bonds. The van der Waals surface area contributed by atoms with Gasteiger partial charge < -0.3 is 11.1 Å². The Balaban J connectivity index is 0.00000242. The van der Waals surface area contributed by atoms with E-state index in [0.717, 1.165) is 16.3 Å². The van der Waals surface area contributed by atoms with E-state index in [0.29, 0.717) is 6.54 Å². The zero-order chi connectivity index (χ0) is 15.5. The highest BCUT2D eigenvalue weighted by Crippen LogP contribution is 2.23. The molecule has 0 spiro atoms. The molecule has 1 heterocycles. The van der Waals surface area contributed by atoms with Crippen LogP contribution in [0, 0.1) is 5.41 Å². The molecule has 6 heteroatoms. The Hall–Kier alpha value is -1.43. The normalized spacial score (nSPS) is 12.4. The highest BCUT2D eigenvalue weighted by atomic mass is 35.5. The van der Waals surface area contributed by atoms with E-state index < -0.39 is 6.04 Å². The smallest absolute Gasteiger partial charge is 0.237 e. The van der Waals surface area contributed by atoms with Crippen molar-refractivity contribution in [3.63, 3.8) is 0 Å². The van der Waals surface area contributed by atoms with Crippen molar-refractivity contribution < 1.29 is 4.79 Å². The minimum atomic E-state index is -0.523. The van der Waals surface area contributed by atoms with Gasteiger partial charge in [0.1, 0.15) is 5.01 Å². The zero-order valence-electron chi connectivity index (χ0n) is 13.0. The number of carbonyl (C=O) groups excluding carboxylic acids is 1. The number of aromatic nitrogens is 1. The van der Waals surface area contributed by atoms with Crippen molar-refractivity contribution >= 4 is 29.7 Å². The van der Waals surface area contributed by atoms with Crippen LogP contribution in [0.25, 0.3) is 10.6 Å². The third-order valence-corrected chi connectivity index (χ3v) is 4.17. The quantitative estimate of drug-likeness (QED) is 0.898. The van der Waals surface area contributed by atoms with E-state index >= 15 is 0 Å². The van der Waals surface area contributed by atoms with Crippen molar-refractivity contribution in [3.05, 3.63) is 41.4 Å². The van der Waals surface area contributed by atoms with Crippen LogP contribution in [0.15, 0.2) is 35.7 Å². The van der Waals surface area contributed by atoms with Gasteiger partial charge in [-0.3, -0.25) is 4.79 Å². The molecule has 120 valence electrons. The van der Waals surface area contributed by atoms with Gasteiger partial charge in [0, 0.05) is 10.9 Å². The number of hydrogen-bond donors (Lipinski definition) is 2. The average molecular weight is 340 g/mol. The van der Waals surface area contributed by atoms with Gasteiger partial charge in [0.25, 0.3) is 0 Å². The van der Waals surface area contributed by atoms with E-state index in [2.05, 4.69) is 10.3 Å². The van der Waals surface area contributed by atoms with Crippen LogP contribution in [-0.2, 0) is 11.3 Å². The maximum absolute atomic E-state index is 12.0. The third-order valence-electron chi connectivity index (χ3n) is 3.23. The van der Waals surface area contributed by atoms with E-state index in [4.69, 9.17) is 5.73 Å². The lowest BCUT2D eigenvalue weighted by atomic mass is 9.87. The van der Waals surface area contributed by atoms with E-state index in [-0.39, 0.29) is 23.7 Å². The van der Waals surface area contributed by atoms with Gasteiger partial charge in [0.2, 0.25) is 5.91 Å². The second kappa shape index (κ2) is 7.72. The second-order valence-corrected chi connectivity index (χ2v) is 6.93. The minimum absolute atomic E-state index is 0. The largest absolute Gasteiger partial charge is 0.349 e. The number of amides is 1. The van der Waals surface area contributed by atoms with Crippen LogP contribution >= 0.6 is 23.7 Å². The summed E-state index contributed by atoms with van der Waals surface area (Å²) in [6.45, 7) is 6.26. The Labute approximate surface area is 141 Å². The fourth-order valence-corrected chi connectivity index (χ4v) is 2.61. The van der Waals surface area contributed by atoms with Gasteiger partial charge >= 0.3 is 0 Å². The lowest BCUT2D eigenvalue weighted by Crippen LogP contribution is -2.48. The van der Waals surface area contributed by atoms with E-state index in [1.807, 2.05) is 56.5 Å². The van der Waals surface area contributed by atoms with E-state index in [1.54, 1.807) is 11.3 Å². The van der Waals surface area contributed by atoms with Gasteiger partial charge in [0.15, 0.2) is 0 Å². The molecule has 4 nitrogen and oxygen atoms in total. The van der Waals surface area contributed by atoms with E-state index in [1.165, 1.54) is 0 Å². The van der Waals surface area contributed by atoms with Gasteiger partial charge in [-0.05, 0) is 5.41 Å². The zero-order valence-corrected chi connectivity index (χ0v) is 14.6. The Kier molecular flexibility index (Phi) is 6.53. The summed E-state index contributed by atoms with van der Waals surface area (Å²) >= 11 is 1.57. The number of hydrogen-bond acceptors (Lipinski definition) is 4. The van der Waals surface area contributed by atoms with Crippen molar-refractivity contribution in [2.24, 2.45) is 11.1 Å². The molecule has 0 saturated carbocycles. The van der Waals surface area contributed by atoms with Crippen molar-refractivity contribution in [1.82, 2.24) is 10.3 Å². The first-order valence-corrected chi connectivity index (χ1v) is 7.79. The van der Waals surface area contributed by atoms with Gasteiger partial charge in [-0.1, -0.05) is 51.1 Å². The predicted molar refractivity (Wildman–Crippen MR) is 94.1 cm³/mol. The summed E-state index contributed by atoms with van der Waals surface area (Å²) in [6.07, 6.45) is 0. The van der Waals surface area contributed by atoms with Gasteiger partial charge in [-0.15, -0.1) is 23.7 Å². The molecule has 0 bridgehead atoms. The predicted octanol–water partition coefficient (Wildman–Crippen LogP) is 3.22. The molecular weight excluding hydrogens is 318 g/mol. The fourth-order valence-electron chi connectivity index (χ4n) is 1.78. The summed E-state index contributed by atoms with van der Waals surface area (Å²) in [5.41, 5.74) is 7.62. The maximum atomic E-state index is 12.0. The molecule has 0 aliphatic heterocycles. The molecule has 2 rings (SSSR count). The first kappa shape index (κ1) is 18.6. The SMILES string of the molecule is CC(C)(C)[C@H](N)C(=O)NCc1csc(-c2ccccc2)n1.Cl. The second-order valence-electron chi connectivity index (χ2n) is 6.07. The molecule has 0 radical (unpaired) electrons. The van der Waals surface area contributed by atoms with Crippen LogP contribution in [-0.4, -0.2) is 16.9 Å². The number of nitrogens with zero attached hydrogens (tertiary/aromatic N) is 1. The number of thiazole rings is 1. The van der Waals surface area contributed by atoms with Gasteiger partial charge in [0.05, 0.1) is 18.3 Å². The molecular formula is C16H22ClN3OS. The summed E-state index contributed by atoms with van der Waals surface area (Å²) in [5.74, 6) is -0.142. The highest BCUT2D eigenvalue weighted by molar-refractivity contribution is 7.13. The van der Waals surface area contributed by atoms with Crippen LogP contribution in [0.4, 0.5) is 0 Å². The molecule has 0 unspecified atom stereocenters. The molecule has 0 aliphatic rings. The van der Waals surface area contributed by atoms with Crippen molar-refractivity contribution in [2.45, 2.75) is 33.4 Å². The maximum Gasteiger partial charge on any atom is 0.237 e. The number of rotatable bonds is 4. The topological polar surface area (TPSA) is 68.0 Å². The standard InChI is InChI=1S/C16H21N3OS.ClH/c1-16(2,3)13(17)14(20)18-9-12-10-21-15(19-12)11-7-5-4-6-8-11;/h4-8,10,13H,9,17H2,1-3H3,(H,18,20);1H/t13-;/m1./s1. The Morgan fingerprint density at radius 1 is 1.32 bits per heavy atom. The summed E-state index contributed by atoms with van der Waals surface area (Å²) in [6, 6.07) is 9.48. The molecule has 1 aromatic heterocycles. The minimum Gasteiger partial charge on any atom is -0.349 e. The van der Waals surface area contributed by atoms with Crippen molar-refractivity contribution in [3.8, 4) is 10.6 Å². The van der Waals surface area contributed by atoms with E-state index in [9.17, 15) is 4.79 Å². The lowest BCUT2D eigenvalue weighted by Gasteiger charge is -2.25. The van der Waals surface area contributed by atoms with Gasteiger partial charge in [-0.25, -0.2) is 4.98 Å². The average Bonchev–Trinajstić information content (AvgIpc) is 2.93. The Morgan fingerprint density at radius 2 is 1.95 bits per heavy atom. The summed E-state index contributed by atoms with van der Waals surface area (Å²) in [4.78, 5) is 16.5. The molecule has 1 aromatic carbocycles. The van der Waals surface area contributed by atoms with Crippen LogP contribution in [0.3, 0.4) is 0 Å². The first-order valence-electron chi connectivity index (χ1n) is 6.91. The number of nitrogens with two attached hydrogens (primary N) is 1. The first-order chi connectivity index (χ1) is 9.88. The molecule has 0 saturated heterocycles. The number of benzene rings is 1. The lowest BCUT2D eigenvalue weighted by molar-refractivity contribution is -0.124. The van der Waals surface area contributed by atoms with Crippen molar-refractivity contribution in [1.29, 1.82) is 0 Å². The van der Waals surface area contributed by atoms with Crippen LogP contribution < -0.4 is 11.1 Å². The summed E-state index contributed by atoms with van der Waals surface area (Å²) in [5, 5.41) is 5.77. The monoisotopic (exact) mass is 339 g/mol. The van der Waals surface area contributed by atoms with Crippen molar-refractivity contribution in [2.75, 3.05) is 0 Å². The Bertz CT molecular complexity index is 607. The molecule has 2 aromatic rings. The molecule has 1 atom stereocenters. The fraction of sp³-hybridized carbons (Fsp3) is 0.375.